The van der Waals surface area contributed by atoms with E-state index in [0.29, 0.717) is 11.3 Å². The molecule has 0 bridgehead atoms. The molecule has 2 rings (SSSR count). The lowest BCUT2D eigenvalue weighted by Crippen LogP contribution is -2.39. The van der Waals surface area contributed by atoms with Crippen LogP contribution in [0.4, 0.5) is 0 Å². The lowest BCUT2D eigenvalue weighted by Gasteiger charge is -2.14. The first-order chi connectivity index (χ1) is 10.8. The summed E-state index contributed by atoms with van der Waals surface area (Å²) < 4.78 is 31.4. The second-order valence-corrected chi connectivity index (χ2v) is 7.60. The zero-order valence-electron chi connectivity index (χ0n) is 12.5. The SMILES string of the molecule is CC(=O)c1cccc(O[C@@H](C)C(=O)NS(=O)(=O)c2cccs2)c1. The van der Waals surface area contributed by atoms with E-state index < -0.39 is 22.0 Å². The molecule has 0 saturated heterocycles. The molecule has 0 aliphatic rings. The predicted molar refractivity (Wildman–Crippen MR) is 86.2 cm³/mol. The summed E-state index contributed by atoms with van der Waals surface area (Å²) in [5, 5.41) is 1.60. The number of carbonyl (C=O) groups excluding carboxylic acids is 2. The molecule has 122 valence electrons. The Bertz CT molecular complexity index is 812. The van der Waals surface area contributed by atoms with Gasteiger partial charge in [0.05, 0.1) is 0 Å². The number of ether oxygens (including phenoxy) is 1. The van der Waals surface area contributed by atoms with Crippen LogP contribution in [-0.4, -0.2) is 26.2 Å². The number of hydrogen-bond acceptors (Lipinski definition) is 6. The maximum Gasteiger partial charge on any atom is 0.274 e. The van der Waals surface area contributed by atoms with Crippen LogP contribution in [0.2, 0.25) is 0 Å². The van der Waals surface area contributed by atoms with E-state index in [1.165, 1.54) is 26.0 Å². The topological polar surface area (TPSA) is 89.5 Å². The largest absolute Gasteiger partial charge is 0.481 e. The van der Waals surface area contributed by atoms with Crippen molar-refractivity contribution in [1.29, 1.82) is 0 Å². The summed E-state index contributed by atoms with van der Waals surface area (Å²) in [7, 11) is -3.89. The van der Waals surface area contributed by atoms with Crippen molar-refractivity contribution in [1.82, 2.24) is 4.72 Å². The van der Waals surface area contributed by atoms with Crippen LogP contribution < -0.4 is 9.46 Å². The average molecular weight is 353 g/mol. The molecule has 1 heterocycles. The minimum atomic E-state index is -3.89. The Morgan fingerprint density at radius 2 is 1.96 bits per heavy atom. The minimum absolute atomic E-state index is 0.0524. The van der Waals surface area contributed by atoms with Gasteiger partial charge in [-0.2, -0.15) is 0 Å². The summed E-state index contributed by atoms with van der Waals surface area (Å²) in [5.41, 5.74) is 0.446. The van der Waals surface area contributed by atoms with Crippen LogP contribution in [-0.2, 0) is 14.8 Å². The smallest absolute Gasteiger partial charge is 0.274 e. The number of amides is 1. The van der Waals surface area contributed by atoms with Crippen molar-refractivity contribution in [2.24, 2.45) is 0 Å². The van der Waals surface area contributed by atoms with Gasteiger partial charge in [0.1, 0.15) is 9.96 Å². The summed E-state index contributed by atoms with van der Waals surface area (Å²) in [4.78, 5) is 23.3. The number of benzene rings is 1. The van der Waals surface area contributed by atoms with Crippen molar-refractivity contribution in [3.63, 3.8) is 0 Å². The van der Waals surface area contributed by atoms with Crippen LogP contribution in [0.5, 0.6) is 5.75 Å². The highest BCUT2D eigenvalue weighted by Crippen LogP contribution is 2.17. The Morgan fingerprint density at radius 1 is 1.22 bits per heavy atom. The van der Waals surface area contributed by atoms with Crippen LogP contribution in [0.3, 0.4) is 0 Å². The monoisotopic (exact) mass is 353 g/mol. The molecule has 2 aromatic rings. The Hall–Kier alpha value is -2.19. The molecule has 0 aliphatic heterocycles. The van der Waals surface area contributed by atoms with Crippen molar-refractivity contribution in [3.8, 4) is 5.75 Å². The molecule has 0 spiro atoms. The van der Waals surface area contributed by atoms with Gasteiger partial charge < -0.3 is 4.74 Å². The zero-order chi connectivity index (χ0) is 17.0. The highest BCUT2D eigenvalue weighted by atomic mass is 32.2. The molecule has 0 unspecified atom stereocenters. The number of nitrogens with one attached hydrogen (secondary N) is 1. The second kappa shape index (κ2) is 6.93. The summed E-state index contributed by atoms with van der Waals surface area (Å²) >= 11 is 1.01. The normalized spacial score (nSPS) is 12.4. The molecule has 0 saturated carbocycles. The van der Waals surface area contributed by atoms with Gasteiger partial charge in [-0.15, -0.1) is 11.3 Å². The second-order valence-electron chi connectivity index (χ2n) is 4.75. The van der Waals surface area contributed by atoms with Gasteiger partial charge in [0.2, 0.25) is 0 Å². The molecule has 8 heteroatoms. The third-order valence-electron chi connectivity index (χ3n) is 2.92. The number of sulfonamides is 1. The van der Waals surface area contributed by atoms with E-state index in [1.54, 1.807) is 29.6 Å². The van der Waals surface area contributed by atoms with Gasteiger partial charge >= 0.3 is 0 Å². The van der Waals surface area contributed by atoms with Gasteiger partial charge in [0.15, 0.2) is 11.9 Å². The molecule has 1 N–H and O–H groups in total. The maximum absolute atomic E-state index is 12.0. The third-order valence-corrected chi connectivity index (χ3v) is 5.66. The molecule has 1 atom stereocenters. The van der Waals surface area contributed by atoms with Crippen molar-refractivity contribution in [2.45, 2.75) is 24.2 Å². The minimum Gasteiger partial charge on any atom is -0.481 e. The molecule has 6 nitrogen and oxygen atoms in total. The first kappa shape index (κ1) is 17.2. The van der Waals surface area contributed by atoms with E-state index in [1.807, 2.05) is 4.72 Å². The van der Waals surface area contributed by atoms with Gasteiger partial charge in [-0.05, 0) is 37.4 Å². The molecule has 23 heavy (non-hydrogen) atoms. The van der Waals surface area contributed by atoms with Crippen LogP contribution >= 0.6 is 11.3 Å². The van der Waals surface area contributed by atoms with Crippen LogP contribution in [0.15, 0.2) is 46.0 Å². The number of ketones is 1. The van der Waals surface area contributed by atoms with Crippen molar-refractivity contribution in [3.05, 3.63) is 47.3 Å². The Balaban J connectivity index is 2.06. The number of rotatable bonds is 6. The fourth-order valence-corrected chi connectivity index (χ4v) is 3.76. The van der Waals surface area contributed by atoms with E-state index in [-0.39, 0.29) is 9.99 Å². The van der Waals surface area contributed by atoms with Crippen LogP contribution in [0, 0.1) is 0 Å². The highest BCUT2D eigenvalue weighted by Gasteiger charge is 2.23. The van der Waals surface area contributed by atoms with Crippen LogP contribution in [0.1, 0.15) is 24.2 Å². The summed E-state index contributed by atoms with van der Waals surface area (Å²) in [6.45, 7) is 2.85. The van der Waals surface area contributed by atoms with Crippen molar-refractivity contribution in [2.75, 3.05) is 0 Å². The Kier molecular flexibility index (Phi) is 5.17. The number of carbonyl (C=O) groups is 2. The molecular formula is C15H15NO5S2. The first-order valence-corrected chi connectivity index (χ1v) is 9.04. The summed E-state index contributed by atoms with van der Waals surface area (Å²) in [6, 6.07) is 9.32. The van der Waals surface area contributed by atoms with Gasteiger partial charge in [-0.1, -0.05) is 18.2 Å². The predicted octanol–water partition coefficient (Wildman–Crippen LogP) is 2.22. The lowest BCUT2D eigenvalue weighted by molar-refractivity contribution is -0.125. The summed E-state index contributed by atoms with van der Waals surface area (Å²) in [5.74, 6) is -0.603. The lowest BCUT2D eigenvalue weighted by atomic mass is 10.1. The molecule has 1 amide bonds. The molecule has 1 aromatic carbocycles. The van der Waals surface area contributed by atoms with E-state index in [4.69, 9.17) is 4.74 Å². The van der Waals surface area contributed by atoms with E-state index in [2.05, 4.69) is 0 Å². The highest BCUT2D eigenvalue weighted by molar-refractivity contribution is 7.92. The van der Waals surface area contributed by atoms with Gasteiger partial charge in [0, 0.05) is 5.56 Å². The third kappa shape index (κ3) is 4.40. The van der Waals surface area contributed by atoms with E-state index in [9.17, 15) is 18.0 Å². The van der Waals surface area contributed by atoms with Gasteiger partial charge in [0.25, 0.3) is 15.9 Å². The van der Waals surface area contributed by atoms with Crippen LogP contribution in [0.25, 0.3) is 0 Å². The molecule has 0 aliphatic carbocycles. The molecule has 0 fully saturated rings. The van der Waals surface area contributed by atoms with E-state index >= 15 is 0 Å². The molecular weight excluding hydrogens is 338 g/mol. The van der Waals surface area contributed by atoms with Gasteiger partial charge in [-0.3, -0.25) is 9.59 Å². The zero-order valence-corrected chi connectivity index (χ0v) is 14.1. The standard InChI is InChI=1S/C15H15NO5S2/c1-10(17)12-5-3-6-13(9-12)21-11(2)15(18)16-23(19,20)14-7-4-8-22-14/h3-9,11H,1-2H3,(H,16,18)/t11-/m0/s1. The van der Waals surface area contributed by atoms with E-state index in [0.717, 1.165) is 11.3 Å². The fourth-order valence-electron chi connectivity index (χ4n) is 1.73. The first-order valence-electron chi connectivity index (χ1n) is 6.67. The fraction of sp³-hybridized carbons (Fsp3) is 0.200. The van der Waals surface area contributed by atoms with Crippen molar-refractivity contribution < 1.29 is 22.7 Å². The number of Topliss-reactive ketones (excluding diaryl/α,β-unsaturated/α-hetero) is 1. The quantitative estimate of drug-likeness (QED) is 0.804. The average Bonchev–Trinajstić information content (AvgIpc) is 3.02. The molecule has 0 radical (unpaired) electrons. The maximum atomic E-state index is 12.0. The van der Waals surface area contributed by atoms with Gasteiger partial charge in [-0.25, -0.2) is 13.1 Å². The Morgan fingerprint density at radius 3 is 2.57 bits per heavy atom. The number of thiophene rings is 1. The number of hydrogen-bond donors (Lipinski definition) is 1. The molecule has 1 aromatic heterocycles. The van der Waals surface area contributed by atoms with Crippen molar-refractivity contribution >= 4 is 33.1 Å². The Labute approximate surface area is 138 Å². The summed E-state index contributed by atoms with van der Waals surface area (Å²) in [6.07, 6.45) is -1.04.